The minimum atomic E-state index is -1.73. The van der Waals surface area contributed by atoms with Crippen LogP contribution < -0.4 is 4.74 Å². The molecule has 0 bridgehead atoms. The zero-order valence-electron chi connectivity index (χ0n) is 14.3. The second kappa shape index (κ2) is 8.26. The summed E-state index contributed by atoms with van der Waals surface area (Å²) in [5.41, 5.74) is 0.989. The molecule has 0 radical (unpaired) electrons. The number of ether oxygens (including phenoxy) is 2. The first-order valence-electron chi connectivity index (χ1n) is 7.60. The van der Waals surface area contributed by atoms with Crippen LogP contribution in [0.4, 0.5) is 4.79 Å². The lowest BCUT2D eigenvalue weighted by atomic mass is 9.97. The van der Waals surface area contributed by atoms with E-state index in [4.69, 9.17) is 60.3 Å². The molecule has 9 heteroatoms. The minimum Gasteiger partial charge on any atom is -0.429 e. The number of hydrogen-bond donors (Lipinski definition) is 0. The van der Waals surface area contributed by atoms with E-state index in [9.17, 15) is 4.79 Å². The number of carbonyl (C=O) groups excluding carboxylic acids is 1. The predicted octanol–water partition coefficient (Wildman–Crippen LogP) is 6.10. The molecule has 0 aliphatic rings. The Hall–Kier alpha value is -1.14. The maximum absolute atomic E-state index is 11.8. The van der Waals surface area contributed by atoms with E-state index in [1.54, 1.807) is 12.1 Å². The highest BCUT2D eigenvalue weighted by molar-refractivity contribution is 6.67. The van der Waals surface area contributed by atoms with Crippen molar-refractivity contribution in [3.63, 3.8) is 0 Å². The molecule has 0 saturated heterocycles. The first-order valence-corrected chi connectivity index (χ1v) is 9.11. The summed E-state index contributed by atoms with van der Waals surface area (Å²) in [6.07, 6.45) is -0.672. The van der Waals surface area contributed by atoms with E-state index in [2.05, 4.69) is 4.98 Å². The molecule has 2 aromatic rings. The normalized spacial score (nSPS) is 12.1. The molecule has 1 aromatic carbocycles. The fourth-order valence-electron chi connectivity index (χ4n) is 1.89. The second-order valence-corrected chi connectivity index (χ2v) is 9.51. The van der Waals surface area contributed by atoms with Crippen LogP contribution >= 0.6 is 46.4 Å². The fraction of sp³-hybridized carbons (Fsp3) is 0.412. The van der Waals surface area contributed by atoms with Gasteiger partial charge in [-0.15, -0.1) is 0 Å². The molecule has 5 nitrogen and oxygen atoms in total. The molecule has 0 unspecified atom stereocenters. The van der Waals surface area contributed by atoms with Gasteiger partial charge < -0.3 is 13.9 Å². The Balaban J connectivity index is 2.21. The molecule has 0 fully saturated rings. The van der Waals surface area contributed by atoms with Crippen LogP contribution in [0.15, 0.2) is 28.7 Å². The van der Waals surface area contributed by atoms with Gasteiger partial charge in [-0.05, 0) is 17.7 Å². The van der Waals surface area contributed by atoms with Gasteiger partial charge >= 0.3 is 12.1 Å². The van der Waals surface area contributed by atoms with Crippen LogP contribution in [0.2, 0.25) is 5.02 Å². The Bertz CT molecular complexity index is 761. The van der Waals surface area contributed by atoms with E-state index in [0.29, 0.717) is 23.0 Å². The van der Waals surface area contributed by atoms with Gasteiger partial charge in [-0.3, -0.25) is 0 Å². The number of rotatable bonds is 4. The maximum atomic E-state index is 11.8. The molecule has 0 saturated carbocycles. The number of benzene rings is 1. The lowest BCUT2D eigenvalue weighted by molar-refractivity contribution is 0.0901. The van der Waals surface area contributed by atoms with Gasteiger partial charge in [-0.2, -0.15) is 0 Å². The lowest BCUT2D eigenvalue weighted by Crippen LogP contribution is -2.19. The molecule has 0 aliphatic heterocycles. The number of halogens is 4. The molecule has 0 spiro atoms. The van der Waals surface area contributed by atoms with Gasteiger partial charge in [0, 0.05) is 16.9 Å². The van der Waals surface area contributed by atoms with Crippen molar-refractivity contribution in [2.24, 2.45) is 0 Å². The molecule has 0 atom stereocenters. The van der Waals surface area contributed by atoms with Crippen LogP contribution in [-0.2, 0) is 16.6 Å². The SMILES string of the molecule is CC(C)(C)c1nc(Cc2ccc(Cl)cc2)c(OC(=O)OCC(Cl)(Cl)Cl)o1. The van der Waals surface area contributed by atoms with Crippen LogP contribution in [0, 0.1) is 0 Å². The van der Waals surface area contributed by atoms with Gasteiger partial charge in [0.05, 0.1) is 0 Å². The van der Waals surface area contributed by atoms with Crippen LogP contribution in [0.3, 0.4) is 0 Å². The fourth-order valence-corrected chi connectivity index (χ4v) is 2.18. The van der Waals surface area contributed by atoms with Crippen LogP contribution in [0.25, 0.3) is 0 Å². The number of alkyl halides is 3. The zero-order valence-corrected chi connectivity index (χ0v) is 17.3. The largest absolute Gasteiger partial charge is 0.516 e. The van der Waals surface area contributed by atoms with Crippen molar-refractivity contribution in [1.82, 2.24) is 4.98 Å². The van der Waals surface area contributed by atoms with E-state index in [1.807, 2.05) is 32.9 Å². The van der Waals surface area contributed by atoms with Crippen LogP contribution in [0.1, 0.15) is 37.9 Å². The highest BCUT2D eigenvalue weighted by atomic mass is 35.6. The number of hydrogen-bond acceptors (Lipinski definition) is 5. The topological polar surface area (TPSA) is 61.6 Å². The Labute approximate surface area is 171 Å². The predicted molar refractivity (Wildman–Crippen MR) is 102 cm³/mol. The monoisotopic (exact) mass is 439 g/mol. The van der Waals surface area contributed by atoms with E-state index < -0.39 is 16.6 Å². The van der Waals surface area contributed by atoms with Gasteiger partial charge in [0.15, 0.2) is 0 Å². The molecule has 0 aliphatic carbocycles. The van der Waals surface area contributed by atoms with Gasteiger partial charge in [-0.1, -0.05) is 79.3 Å². The Morgan fingerprint density at radius 2 is 1.77 bits per heavy atom. The van der Waals surface area contributed by atoms with Crippen LogP contribution in [0.5, 0.6) is 5.95 Å². The third-order valence-electron chi connectivity index (χ3n) is 3.12. The average Bonchev–Trinajstić information content (AvgIpc) is 2.90. The Kier molecular flexibility index (Phi) is 6.72. The van der Waals surface area contributed by atoms with E-state index >= 15 is 0 Å². The summed E-state index contributed by atoms with van der Waals surface area (Å²) >= 11 is 22.5. The summed E-state index contributed by atoms with van der Waals surface area (Å²) in [4.78, 5) is 16.3. The molecule has 2 rings (SSSR count). The van der Waals surface area contributed by atoms with Crippen molar-refractivity contribution in [1.29, 1.82) is 0 Å². The van der Waals surface area contributed by atoms with Crippen molar-refractivity contribution in [2.45, 2.75) is 36.4 Å². The maximum Gasteiger partial charge on any atom is 0.516 e. The van der Waals surface area contributed by atoms with Crippen molar-refractivity contribution >= 4 is 52.6 Å². The van der Waals surface area contributed by atoms with E-state index in [1.165, 1.54) is 0 Å². The van der Waals surface area contributed by atoms with Gasteiger partial charge in [-0.25, -0.2) is 9.78 Å². The van der Waals surface area contributed by atoms with Gasteiger partial charge in [0.1, 0.15) is 12.3 Å². The number of oxazole rings is 1. The zero-order chi connectivity index (χ0) is 19.5. The molecule has 0 N–H and O–H groups in total. The quantitative estimate of drug-likeness (QED) is 0.424. The van der Waals surface area contributed by atoms with Gasteiger partial charge in [0.2, 0.25) is 9.68 Å². The second-order valence-electron chi connectivity index (χ2n) is 6.56. The Morgan fingerprint density at radius 3 is 2.31 bits per heavy atom. The highest BCUT2D eigenvalue weighted by Crippen LogP contribution is 2.31. The molecule has 142 valence electrons. The first kappa shape index (κ1) is 21.2. The minimum absolute atomic E-state index is 0.0563. The van der Waals surface area contributed by atoms with E-state index in [-0.39, 0.29) is 11.4 Å². The standard InChI is InChI=1S/C17H17Cl4NO4/c1-16(2,3)14-22-12(8-10-4-6-11(18)7-5-10)13(25-14)26-15(23)24-9-17(19,20)21/h4-7H,8-9H2,1-3H3. The molecular weight excluding hydrogens is 424 g/mol. The summed E-state index contributed by atoms with van der Waals surface area (Å²) in [5.74, 6) is 0.366. The molecule has 26 heavy (non-hydrogen) atoms. The summed E-state index contributed by atoms with van der Waals surface area (Å²) in [5, 5.41) is 0.621. The first-order chi connectivity index (χ1) is 11.9. The number of aromatic nitrogens is 1. The third-order valence-corrected chi connectivity index (χ3v) is 3.70. The van der Waals surface area contributed by atoms with Crippen molar-refractivity contribution in [3.8, 4) is 5.95 Å². The molecule has 1 aromatic heterocycles. The van der Waals surface area contributed by atoms with Crippen molar-refractivity contribution in [3.05, 3.63) is 46.4 Å². The smallest absolute Gasteiger partial charge is 0.429 e. The summed E-state index contributed by atoms with van der Waals surface area (Å²) in [6.45, 7) is 5.32. The lowest BCUT2D eigenvalue weighted by Gasteiger charge is -2.12. The van der Waals surface area contributed by atoms with Crippen LogP contribution in [-0.4, -0.2) is 21.5 Å². The van der Waals surface area contributed by atoms with E-state index in [0.717, 1.165) is 5.56 Å². The summed E-state index contributed by atoms with van der Waals surface area (Å²) in [7, 11) is 0. The summed E-state index contributed by atoms with van der Waals surface area (Å²) in [6, 6.07) is 7.21. The third kappa shape index (κ3) is 6.54. The summed E-state index contributed by atoms with van der Waals surface area (Å²) < 4.78 is 13.8. The van der Waals surface area contributed by atoms with Crippen molar-refractivity contribution < 1.29 is 18.7 Å². The number of carbonyl (C=O) groups is 1. The highest BCUT2D eigenvalue weighted by Gasteiger charge is 2.28. The molecule has 0 amide bonds. The average molecular weight is 441 g/mol. The molecule has 1 heterocycles. The molecular formula is C17H17Cl4NO4. The Morgan fingerprint density at radius 1 is 1.15 bits per heavy atom. The van der Waals surface area contributed by atoms with Gasteiger partial charge in [0.25, 0.3) is 0 Å². The van der Waals surface area contributed by atoms with Crippen molar-refractivity contribution in [2.75, 3.05) is 6.61 Å². The number of nitrogens with zero attached hydrogens (tertiary/aromatic N) is 1.